The molecular weight excluding hydrogens is 280 g/mol. The van der Waals surface area contributed by atoms with Crippen molar-refractivity contribution in [2.75, 3.05) is 25.6 Å². The molecule has 0 saturated carbocycles. The lowest BCUT2D eigenvalue weighted by Gasteiger charge is -2.27. The van der Waals surface area contributed by atoms with Gasteiger partial charge in [-0.1, -0.05) is 0 Å². The Kier molecular flexibility index (Phi) is 4.22. The summed E-state index contributed by atoms with van der Waals surface area (Å²) in [5, 5.41) is 0. The summed E-state index contributed by atoms with van der Waals surface area (Å²) in [6.45, 7) is 4.69. The normalized spacial score (nSPS) is 14.8. The minimum Gasteiger partial charge on any atom is -0.399 e. The highest BCUT2D eigenvalue weighted by Crippen LogP contribution is 2.19. The number of nitrogens with zero attached hydrogens (tertiary/aromatic N) is 2. The zero-order chi connectivity index (χ0) is 15.5. The maximum atomic E-state index is 12.3. The number of benzene rings is 1. The monoisotopic (exact) mass is 300 g/mol. The van der Waals surface area contributed by atoms with E-state index in [1.807, 2.05) is 19.1 Å². The number of ether oxygens (including phenoxy) is 1. The van der Waals surface area contributed by atoms with Crippen LogP contribution < -0.4 is 11.3 Å². The number of hydrogen-bond donors (Lipinski definition) is 2. The van der Waals surface area contributed by atoms with E-state index in [-0.39, 0.29) is 5.56 Å². The Balaban J connectivity index is 1.91. The molecule has 0 aliphatic carbocycles. The van der Waals surface area contributed by atoms with Crippen LogP contribution in [0.5, 0.6) is 0 Å². The summed E-state index contributed by atoms with van der Waals surface area (Å²) >= 11 is 0. The van der Waals surface area contributed by atoms with Gasteiger partial charge >= 0.3 is 0 Å². The molecule has 0 unspecified atom stereocenters. The number of nitrogens with one attached hydrogen (secondary N) is 1. The Labute approximate surface area is 128 Å². The first-order valence-electron chi connectivity index (χ1n) is 7.45. The Hall–Kier alpha value is -2.18. The number of aromatic amines is 1. The summed E-state index contributed by atoms with van der Waals surface area (Å²) in [6.07, 6.45) is 0.701. The van der Waals surface area contributed by atoms with Gasteiger partial charge in [0.1, 0.15) is 5.82 Å². The molecule has 0 spiro atoms. The number of anilines is 1. The van der Waals surface area contributed by atoms with Gasteiger partial charge in [0, 0.05) is 36.5 Å². The molecule has 3 rings (SSSR count). The van der Waals surface area contributed by atoms with Crippen molar-refractivity contribution in [3.63, 3.8) is 0 Å². The highest BCUT2D eigenvalue weighted by atomic mass is 16.5. The Morgan fingerprint density at radius 2 is 2.14 bits per heavy atom. The van der Waals surface area contributed by atoms with Crippen LogP contribution in [0.4, 0.5) is 5.69 Å². The summed E-state index contributed by atoms with van der Waals surface area (Å²) in [6, 6.07) is 7.33. The number of hydrogen-bond acceptors (Lipinski definition) is 5. The van der Waals surface area contributed by atoms with Crippen LogP contribution in [-0.4, -0.2) is 34.8 Å². The van der Waals surface area contributed by atoms with Gasteiger partial charge in [-0.3, -0.25) is 9.69 Å². The van der Waals surface area contributed by atoms with Gasteiger partial charge in [-0.15, -0.1) is 0 Å². The second kappa shape index (κ2) is 6.29. The third kappa shape index (κ3) is 3.03. The summed E-state index contributed by atoms with van der Waals surface area (Å²) in [4.78, 5) is 21.9. The van der Waals surface area contributed by atoms with Crippen molar-refractivity contribution in [1.82, 2.24) is 14.9 Å². The quantitative estimate of drug-likeness (QED) is 0.833. The van der Waals surface area contributed by atoms with Crippen LogP contribution in [0.25, 0.3) is 11.4 Å². The molecule has 2 heterocycles. The average Bonchev–Trinajstić information content (AvgIpc) is 2.53. The first kappa shape index (κ1) is 14.7. The molecule has 0 radical (unpaired) electrons. The molecule has 116 valence electrons. The molecule has 1 aliphatic rings. The fourth-order valence-electron chi connectivity index (χ4n) is 2.60. The van der Waals surface area contributed by atoms with Crippen LogP contribution in [0.3, 0.4) is 0 Å². The van der Waals surface area contributed by atoms with Gasteiger partial charge in [0.05, 0.1) is 12.4 Å². The third-order valence-corrected chi connectivity index (χ3v) is 3.81. The first-order valence-corrected chi connectivity index (χ1v) is 7.45. The molecule has 0 bridgehead atoms. The summed E-state index contributed by atoms with van der Waals surface area (Å²) < 4.78 is 5.44. The molecule has 6 heteroatoms. The van der Waals surface area contributed by atoms with E-state index in [0.717, 1.165) is 23.4 Å². The van der Waals surface area contributed by atoms with Crippen LogP contribution in [0.15, 0.2) is 29.1 Å². The van der Waals surface area contributed by atoms with E-state index in [2.05, 4.69) is 14.9 Å². The zero-order valence-corrected chi connectivity index (χ0v) is 12.6. The van der Waals surface area contributed by atoms with E-state index in [1.54, 1.807) is 12.1 Å². The molecule has 0 atom stereocenters. The number of nitrogens with two attached hydrogens (primary N) is 1. The number of H-pyrrole nitrogens is 1. The molecule has 0 saturated heterocycles. The predicted octanol–water partition coefficient (Wildman–Crippen LogP) is 1.37. The molecular formula is C16H20N4O2. The zero-order valence-electron chi connectivity index (χ0n) is 12.6. The molecule has 0 amide bonds. The van der Waals surface area contributed by atoms with Crippen LogP contribution >= 0.6 is 0 Å². The van der Waals surface area contributed by atoms with Gasteiger partial charge in [0.15, 0.2) is 0 Å². The minimum atomic E-state index is -0.0483. The number of fused-ring (bicyclic) bond motifs is 1. The Morgan fingerprint density at radius 1 is 1.36 bits per heavy atom. The van der Waals surface area contributed by atoms with Crippen molar-refractivity contribution in [3.8, 4) is 11.4 Å². The highest BCUT2D eigenvalue weighted by Gasteiger charge is 2.21. The van der Waals surface area contributed by atoms with E-state index in [9.17, 15) is 4.79 Å². The van der Waals surface area contributed by atoms with E-state index in [0.29, 0.717) is 37.8 Å². The molecule has 1 aromatic carbocycles. The van der Waals surface area contributed by atoms with Gasteiger partial charge in [0.2, 0.25) is 0 Å². The standard InChI is InChI=1S/C16H20N4O2/c1-2-22-10-20-8-7-13-14(9-20)18-15(19-16(13)21)11-3-5-12(17)6-4-11/h3-6H,2,7-10,17H2,1H3,(H,18,19,21). The average molecular weight is 300 g/mol. The van der Waals surface area contributed by atoms with Gasteiger partial charge in [-0.25, -0.2) is 4.98 Å². The van der Waals surface area contributed by atoms with Crippen molar-refractivity contribution < 1.29 is 4.74 Å². The third-order valence-electron chi connectivity index (χ3n) is 3.81. The van der Waals surface area contributed by atoms with Crippen molar-refractivity contribution in [3.05, 3.63) is 45.9 Å². The summed E-state index contributed by atoms with van der Waals surface area (Å²) in [5.41, 5.74) is 8.81. The highest BCUT2D eigenvalue weighted by molar-refractivity contribution is 5.58. The lowest BCUT2D eigenvalue weighted by atomic mass is 10.1. The Bertz CT molecular complexity index is 709. The predicted molar refractivity (Wildman–Crippen MR) is 85.3 cm³/mol. The summed E-state index contributed by atoms with van der Waals surface area (Å²) in [5.74, 6) is 0.585. The van der Waals surface area contributed by atoms with E-state index in [4.69, 9.17) is 10.5 Å². The van der Waals surface area contributed by atoms with Gasteiger partial charge in [-0.2, -0.15) is 0 Å². The number of nitrogen functional groups attached to an aromatic ring is 1. The fourth-order valence-corrected chi connectivity index (χ4v) is 2.60. The van der Waals surface area contributed by atoms with E-state index >= 15 is 0 Å². The van der Waals surface area contributed by atoms with E-state index < -0.39 is 0 Å². The van der Waals surface area contributed by atoms with Crippen molar-refractivity contribution in [2.24, 2.45) is 0 Å². The van der Waals surface area contributed by atoms with Crippen molar-refractivity contribution in [2.45, 2.75) is 19.9 Å². The molecule has 3 N–H and O–H groups in total. The smallest absolute Gasteiger partial charge is 0.254 e. The summed E-state index contributed by atoms with van der Waals surface area (Å²) in [7, 11) is 0. The van der Waals surface area contributed by atoms with Gasteiger partial charge < -0.3 is 15.5 Å². The molecule has 22 heavy (non-hydrogen) atoms. The maximum absolute atomic E-state index is 12.3. The van der Waals surface area contributed by atoms with Gasteiger partial charge in [0.25, 0.3) is 5.56 Å². The van der Waals surface area contributed by atoms with Crippen LogP contribution in [-0.2, 0) is 17.7 Å². The number of aromatic nitrogens is 2. The van der Waals surface area contributed by atoms with Crippen molar-refractivity contribution in [1.29, 1.82) is 0 Å². The largest absolute Gasteiger partial charge is 0.399 e. The first-order chi connectivity index (χ1) is 10.7. The fraction of sp³-hybridized carbons (Fsp3) is 0.375. The minimum absolute atomic E-state index is 0.0483. The Morgan fingerprint density at radius 3 is 2.86 bits per heavy atom. The molecule has 2 aromatic rings. The number of rotatable bonds is 4. The second-order valence-electron chi connectivity index (χ2n) is 5.39. The molecule has 1 aromatic heterocycles. The van der Waals surface area contributed by atoms with Crippen LogP contribution in [0, 0.1) is 0 Å². The van der Waals surface area contributed by atoms with E-state index in [1.165, 1.54) is 0 Å². The SMILES string of the molecule is CCOCN1CCc2c(nc(-c3ccc(N)cc3)[nH]c2=O)C1. The molecule has 1 aliphatic heterocycles. The van der Waals surface area contributed by atoms with Crippen LogP contribution in [0.1, 0.15) is 18.2 Å². The lowest BCUT2D eigenvalue weighted by molar-refractivity contribution is 0.0269. The maximum Gasteiger partial charge on any atom is 0.254 e. The van der Waals surface area contributed by atoms with Crippen LogP contribution in [0.2, 0.25) is 0 Å². The van der Waals surface area contributed by atoms with Crippen molar-refractivity contribution >= 4 is 5.69 Å². The molecule has 6 nitrogen and oxygen atoms in total. The topological polar surface area (TPSA) is 84.2 Å². The lowest BCUT2D eigenvalue weighted by Crippen LogP contribution is -2.36. The van der Waals surface area contributed by atoms with Gasteiger partial charge in [-0.05, 0) is 37.6 Å². The molecule has 0 fully saturated rings. The second-order valence-corrected chi connectivity index (χ2v) is 5.39.